The van der Waals surface area contributed by atoms with Crippen LogP contribution in [0.5, 0.6) is 0 Å². The number of thiazole rings is 1. The van der Waals surface area contributed by atoms with Crippen LogP contribution in [0.1, 0.15) is 22.9 Å². The van der Waals surface area contributed by atoms with Gasteiger partial charge in [0.1, 0.15) is 11.0 Å². The largest absolute Gasteiger partial charge is 0.453 e. The Balaban J connectivity index is 1.60. The molecule has 0 bridgehead atoms. The summed E-state index contributed by atoms with van der Waals surface area (Å²) in [6, 6.07) is 18.1. The van der Waals surface area contributed by atoms with Crippen molar-refractivity contribution < 1.29 is 19.2 Å². The number of carbonyl (C=O) groups is 2. The summed E-state index contributed by atoms with van der Waals surface area (Å²) in [6.45, 7) is 0. The van der Waals surface area contributed by atoms with E-state index >= 15 is 0 Å². The number of nitro groups is 1. The molecule has 0 saturated heterocycles. The molecule has 2 heterocycles. The third kappa shape index (κ3) is 6.99. The molecule has 0 aliphatic heterocycles. The highest BCUT2D eigenvalue weighted by molar-refractivity contribution is 7.20. The summed E-state index contributed by atoms with van der Waals surface area (Å²) in [7, 11) is 1.24. The van der Waals surface area contributed by atoms with E-state index in [-0.39, 0.29) is 12.1 Å². The number of nitrogens with one attached hydrogen (secondary N) is 2. The molecule has 2 N–H and O–H groups in total. The van der Waals surface area contributed by atoms with Gasteiger partial charge in [0.15, 0.2) is 0 Å². The Bertz CT molecular complexity index is 1340. The van der Waals surface area contributed by atoms with Crippen molar-refractivity contribution in [2.75, 3.05) is 7.11 Å². The predicted molar refractivity (Wildman–Crippen MR) is 143 cm³/mol. The van der Waals surface area contributed by atoms with Crippen LogP contribution in [0.3, 0.4) is 0 Å². The Morgan fingerprint density at radius 2 is 1.70 bits per heavy atom. The standard InChI is InChI=1S/C26H24N4O5S2/c1-35-26(32)29-21(15-17-6-3-2-4-7-17)24(31)27-20(14-18-9-11-19(12-10-18)30(33)34)22-16-37-25(28-22)23-8-5-13-36-23/h2-13,16,20-21H,14-15H2,1H3,(H,27,31)(H,29,32). The number of alkyl carbamates (subject to hydrolysis) is 1. The Kier molecular flexibility index (Phi) is 8.60. The van der Waals surface area contributed by atoms with E-state index < -0.39 is 29.0 Å². The molecule has 37 heavy (non-hydrogen) atoms. The molecule has 0 radical (unpaired) electrons. The number of nitro benzene ring substituents is 1. The summed E-state index contributed by atoms with van der Waals surface area (Å²) in [5.41, 5.74) is 2.32. The van der Waals surface area contributed by atoms with Gasteiger partial charge in [-0.1, -0.05) is 48.5 Å². The lowest BCUT2D eigenvalue weighted by Crippen LogP contribution is -2.49. The highest BCUT2D eigenvalue weighted by atomic mass is 32.1. The van der Waals surface area contributed by atoms with Crippen LogP contribution in [0.4, 0.5) is 10.5 Å². The molecule has 2 atom stereocenters. The second-order valence-electron chi connectivity index (χ2n) is 8.12. The Hall–Kier alpha value is -4.09. The summed E-state index contributed by atoms with van der Waals surface area (Å²) < 4.78 is 4.73. The van der Waals surface area contributed by atoms with Gasteiger partial charge in [0.05, 0.1) is 28.6 Å². The fraction of sp³-hybridized carbons (Fsp3) is 0.192. The average Bonchev–Trinajstić information content (AvgIpc) is 3.61. The zero-order valence-electron chi connectivity index (χ0n) is 19.8. The molecule has 2 unspecified atom stereocenters. The van der Waals surface area contributed by atoms with Gasteiger partial charge < -0.3 is 15.4 Å². The van der Waals surface area contributed by atoms with E-state index in [9.17, 15) is 19.7 Å². The van der Waals surface area contributed by atoms with Crippen molar-refractivity contribution in [1.29, 1.82) is 0 Å². The van der Waals surface area contributed by atoms with Crippen molar-refractivity contribution in [3.05, 3.63) is 104 Å². The van der Waals surface area contributed by atoms with Gasteiger partial charge in [-0.2, -0.15) is 0 Å². The highest BCUT2D eigenvalue weighted by Crippen LogP contribution is 2.31. The van der Waals surface area contributed by atoms with E-state index in [1.165, 1.54) is 30.6 Å². The molecule has 2 amide bonds. The zero-order chi connectivity index (χ0) is 26.2. The highest BCUT2D eigenvalue weighted by Gasteiger charge is 2.26. The molecule has 2 aromatic heterocycles. The van der Waals surface area contributed by atoms with Gasteiger partial charge in [-0.05, 0) is 29.0 Å². The number of hydrogen-bond acceptors (Lipinski definition) is 8. The number of hydrogen-bond donors (Lipinski definition) is 2. The van der Waals surface area contributed by atoms with Crippen LogP contribution in [-0.4, -0.2) is 35.1 Å². The topological polar surface area (TPSA) is 123 Å². The van der Waals surface area contributed by atoms with E-state index in [2.05, 4.69) is 10.6 Å². The lowest BCUT2D eigenvalue weighted by Gasteiger charge is -2.22. The molecule has 190 valence electrons. The van der Waals surface area contributed by atoms with Crippen LogP contribution in [0.2, 0.25) is 0 Å². The zero-order valence-corrected chi connectivity index (χ0v) is 21.5. The third-order valence-corrected chi connectivity index (χ3v) is 7.49. The van der Waals surface area contributed by atoms with Crippen molar-refractivity contribution in [3.8, 4) is 9.88 Å². The fourth-order valence-electron chi connectivity index (χ4n) is 3.71. The molecule has 4 aromatic rings. The Labute approximate surface area is 221 Å². The minimum Gasteiger partial charge on any atom is -0.453 e. The van der Waals surface area contributed by atoms with Crippen LogP contribution in [0.25, 0.3) is 9.88 Å². The normalized spacial score (nSPS) is 12.4. The molecular weight excluding hydrogens is 512 g/mol. The number of aromatic nitrogens is 1. The number of amides is 2. The van der Waals surface area contributed by atoms with Gasteiger partial charge in [-0.3, -0.25) is 14.9 Å². The van der Waals surface area contributed by atoms with Crippen LogP contribution < -0.4 is 10.6 Å². The average molecular weight is 537 g/mol. The smallest absolute Gasteiger partial charge is 0.407 e. The summed E-state index contributed by atoms with van der Waals surface area (Å²) in [4.78, 5) is 41.8. The number of carbonyl (C=O) groups excluding carboxylic acids is 2. The maximum Gasteiger partial charge on any atom is 0.407 e. The molecule has 4 rings (SSSR count). The second-order valence-corrected chi connectivity index (χ2v) is 9.93. The summed E-state index contributed by atoms with van der Waals surface area (Å²) >= 11 is 3.05. The van der Waals surface area contributed by atoms with E-state index in [0.29, 0.717) is 12.1 Å². The monoisotopic (exact) mass is 536 g/mol. The van der Waals surface area contributed by atoms with Crippen molar-refractivity contribution >= 4 is 40.4 Å². The van der Waals surface area contributed by atoms with E-state index in [1.54, 1.807) is 23.5 Å². The van der Waals surface area contributed by atoms with Crippen LogP contribution in [0.15, 0.2) is 77.5 Å². The number of methoxy groups -OCH3 is 1. The minimum absolute atomic E-state index is 0.0109. The summed E-state index contributed by atoms with van der Waals surface area (Å²) in [5.74, 6) is -0.396. The van der Waals surface area contributed by atoms with Crippen molar-refractivity contribution in [2.45, 2.75) is 24.9 Å². The van der Waals surface area contributed by atoms with E-state index in [4.69, 9.17) is 9.72 Å². The lowest BCUT2D eigenvalue weighted by molar-refractivity contribution is -0.384. The summed E-state index contributed by atoms with van der Waals surface area (Å²) in [6.07, 6.45) is -0.0893. The Morgan fingerprint density at radius 3 is 2.35 bits per heavy atom. The third-order valence-electron chi connectivity index (χ3n) is 5.59. The number of rotatable bonds is 10. The molecule has 9 nitrogen and oxygen atoms in total. The van der Waals surface area contributed by atoms with Crippen LogP contribution in [0, 0.1) is 10.1 Å². The SMILES string of the molecule is COC(=O)NC(Cc1ccccc1)C(=O)NC(Cc1ccc([N+](=O)[O-])cc1)c1csc(-c2cccs2)n1. The van der Waals surface area contributed by atoms with Crippen molar-refractivity contribution in [1.82, 2.24) is 15.6 Å². The van der Waals surface area contributed by atoms with E-state index in [0.717, 1.165) is 21.0 Å². The summed E-state index contributed by atoms with van der Waals surface area (Å²) in [5, 5.41) is 21.4. The molecule has 2 aromatic carbocycles. The molecule has 0 fully saturated rings. The molecule has 0 saturated carbocycles. The minimum atomic E-state index is -0.885. The van der Waals surface area contributed by atoms with E-state index in [1.807, 2.05) is 53.2 Å². The predicted octanol–water partition coefficient (Wildman–Crippen LogP) is 5.15. The van der Waals surface area contributed by atoms with Crippen molar-refractivity contribution in [3.63, 3.8) is 0 Å². The molecule has 0 spiro atoms. The number of ether oxygens (including phenoxy) is 1. The number of thiophene rings is 1. The number of benzene rings is 2. The first-order valence-corrected chi connectivity index (χ1v) is 13.1. The van der Waals surface area contributed by atoms with Gasteiger partial charge in [0, 0.05) is 23.9 Å². The fourth-order valence-corrected chi connectivity index (χ4v) is 5.40. The molecular formula is C26H24N4O5S2. The lowest BCUT2D eigenvalue weighted by atomic mass is 10.0. The first-order chi connectivity index (χ1) is 17.9. The van der Waals surface area contributed by atoms with Crippen molar-refractivity contribution in [2.24, 2.45) is 0 Å². The molecule has 0 aliphatic carbocycles. The van der Waals surface area contributed by atoms with Gasteiger partial charge in [0.25, 0.3) is 5.69 Å². The van der Waals surface area contributed by atoms with Crippen LogP contribution in [-0.2, 0) is 22.4 Å². The quantitative estimate of drug-likeness (QED) is 0.213. The Morgan fingerprint density at radius 1 is 0.973 bits per heavy atom. The molecule has 0 aliphatic rings. The number of non-ortho nitro benzene ring substituents is 1. The first-order valence-electron chi connectivity index (χ1n) is 11.3. The van der Waals surface area contributed by atoms with Gasteiger partial charge in [-0.15, -0.1) is 22.7 Å². The van der Waals surface area contributed by atoms with Gasteiger partial charge in [0.2, 0.25) is 5.91 Å². The maximum absolute atomic E-state index is 13.5. The first kappa shape index (κ1) is 26.0. The maximum atomic E-state index is 13.5. The van der Waals surface area contributed by atoms with Crippen LogP contribution >= 0.6 is 22.7 Å². The number of nitrogens with zero attached hydrogens (tertiary/aromatic N) is 2. The second kappa shape index (κ2) is 12.2. The van der Waals surface area contributed by atoms with Gasteiger partial charge >= 0.3 is 6.09 Å². The molecule has 11 heteroatoms. The van der Waals surface area contributed by atoms with Gasteiger partial charge in [-0.25, -0.2) is 9.78 Å².